The molecule has 8 nitrogen and oxygen atoms in total. The van der Waals surface area contributed by atoms with E-state index in [0.29, 0.717) is 13.1 Å². The molecule has 170 valence electrons. The highest BCUT2D eigenvalue weighted by atomic mass is 16.6. The van der Waals surface area contributed by atoms with E-state index in [1.807, 2.05) is 36.4 Å². The Morgan fingerprint density at radius 1 is 1.27 bits per heavy atom. The number of cyclic esters (lactones) is 1. The second-order valence-electron chi connectivity index (χ2n) is 8.41. The third-order valence-corrected chi connectivity index (χ3v) is 6.21. The summed E-state index contributed by atoms with van der Waals surface area (Å²) in [5, 5.41) is 10.6. The number of hydrogen-bond donors (Lipinski definition) is 2. The molecule has 2 aliphatic rings. The van der Waals surface area contributed by atoms with Crippen LogP contribution < -0.4 is 15.0 Å². The molecule has 0 spiro atoms. The smallest absolute Gasteiger partial charge is 0.414 e. The van der Waals surface area contributed by atoms with Crippen molar-refractivity contribution in [2.45, 2.75) is 32.3 Å². The van der Waals surface area contributed by atoms with Crippen LogP contribution in [-0.2, 0) is 22.4 Å². The number of methoxy groups -OCH3 is 1. The van der Waals surface area contributed by atoms with Crippen LogP contribution in [0.15, 0.2) is 42.5 Å². The van der Waals surface area contributed by atoms with Gasteiger partial charge in [-0.25, -0.2) is 4.79 Å². The standard InChI is InChI=1S/C25H26N4O4/c1-15(30)26-13-20-14-29(25(31)33-20)18-10-9-16-5-4-8-21-23(27-28-24(21)22(16)12-18)17-6-3-7-19(11-17)32-2/h3,6-7,9-12,20H,4-5,8,13-14H2,1-2H3,(H,26,30)(H,27,28). The molecule has 5 rings (SSSR count). The summed E-state index contributed by atoms with van der Waals surface area (Å²) < 4.78 is 10.8. The monoisotopic (exact) mass is 446 g/mol. The molecule has 1 atom stereocenters. The topological polar surface area (TPSA) is 96.6 Å². The van der Waals surface area contributed by atoms with Crippen molar-refractivity contribution in [3.05, 3.63) is 53.6 Å². The molecule has 0 saturated carbocycles. The van der Waals surface area contributed by atoms with Crippen LogP contribution in [0.25, 0.3) is 22.5 Å². The average Bonchev–Trinajstić information content (AvgIpc) is 3.36. The van der Waals surface area contributed by atoms with Gasteiger partial charge in [0.1, 0.15) is 11.9 Å². The number of hydrogen-bond acceptors (Lipinski definition) is 5. The number of aromatic nitrogens is 2. The second-order valence-corrected chi connectivity index (χ2v) is 8.41. The summed E-state index contributed by atoms with van der Waals surface area (Å²) in [6.07, 6.45) is 2.10. The van der Waals surface area contributed by atoms with Gasteiger partial charge in [0.25, 0.3) is 0 Å². The first kappa shape index (κ1) is 21.1. The molecule has 2 N–H and O–H groups in total. The number of benzene rings is 2. The molecule has 0 bridgehead atoms. The van der Waals surface area contributed by atoms with E-state index in [0.717, 1.165) is 53.2 Å². The Balaban J connectivity index is 1.48. The zero-order valence-corrected chi connectivity index (χ0v) is 18.7. The summed E-state index contributed by atoms with van der Waals surface area (Å²) in [5.74, 6) is 0.648. The number of rotatable bonds is 5. The van der Waals surface area contributed by atoms with Gasteiger partial charge in [0.15, 0.2) is 0 Å². The van der Waals surface area contributed by atoms with Crippen LogP contribution >= 0.6 is 0 Å². The number of fused-ring (bicyclic) bond motifs is 3. The van der Waals surface area contributed by atoms with Crippen molar-refractivity contribution in [1.29, 1.82) is 0 Å². The van der Waals surface area contributed by atoms with Gasteiger partial charge in [-0.05, 0) is 49.1 Å². The number of carbonyl (C=O) groups excluding carboxylic acids is 2. The van der Waals surface area contributed by atoms with E-state index >= 15 is 0 Å². The maximum absolute atomic E-state index is 12.5. The summed E-state index contributed by atoms with van der Waals surface area (Å²) in [5.41, 5.74) is 7.15. The van der Waals surface area contributed by atoms with Crippen molar-refractivity contribution < 1.29 is 19.1 Å². The van der Waals surface area contributed by atoms with Crippen molar-refractivity contribution in [2.24, 2.45) is 0 Å². The molecule has 1 unspecified atom stereocenters. The Morgan fingerprint density at radius 2 is 2.15 bits per heavy atom. The van der Waals surface area contributed by atoms with Gasteiger partial charge in [-0.15, -0.1) is 0 Å². The molecule has 1 aliphatic heterocycles. The van der Waals surface area contributed by atoms with Gasteiger partial charge in [0, 0.05) is 29.3 Å². The molecule has 2 heterocycles. The van der Waals surface area contributed by atoms with Gasteiger partial charge < -0.3 is 14.8 Å². The SMILES string of the molecule is COc1cccc(-c2n[nH]c3c2CCCc2ccc(N4CC(CNC(C)=O)OC4=O)cc2-3)c1. The van der Waals surface area contributed by atoms with Crippen LogP contribution in [0.1, 0.15) is 24.5 Å². The Labute approximate surface area is 191 Å². The fourth-order valence-electron chi connectivity index (χ4n) is 4.58. The van der Waals surface area contributed by atoms with Crippen LogP contribution in [0.5, 0.6) is 5.75 Å². The van der Waals surface area contributed by atoms with Crippen LogP contribution in [-0.4, -0.2) is 48.5 Å². The molecule has 0 radical (unpaired) electrons. The summed E-state index contributed by atoms with van der Waals surface area (Å²) in [7, 11) is 1.66. The molecule has 1 fully saturated rings. The lowest BCUT2D eigenvalue weighted by molar-refractivity contribution is -0.119. The molecule has 1 aliphatic carbocycles. The van der Waals surface area contributed by atoms with E-state index in [1.54, 1.807) is 12.0 Å². The third kappa shape index (κ3) is 4.04. The van der Waals surface area contributed by atoms with Crippen molar-refractivity contribution in [3.63, 3.8) is 0 Å². The largest absolute Gasteiger partial charge is 0.497 e. The number of aromatic amines is 1. The summed E-state index contributed by atoms with van der Waals surface area (Å²) in [6, 6.07) is 14.0. The minimum atomic E-state index is -0.402. The second kappa shape index (κ2) is 8.61. The minimum Gasteiger partial charge on any atom is -0.497 e. The first-order valence-electron chi connectivity index (χ1n) is 11.1. The predicted octanol–water partition coefficient (Wildman–Crippen LogP) is 3.70. The van der Waals surface area contributed by atoms with E-state index < -0.39 is 6.09 Å². The van der Waals surface area contributed by atoms with E-state index in [1.165, 1.54) is 18.1 Å². The summed E-state index contributed by atoms with van der Waals surface area (Å²) in [4.78, 5) is 25.3. The van der Waals surface area contributed by atoms with E-state index in [4.69, 9.17) is 9.47 Å². The lowest BCUT2D eigenvalue weighted by Gasteiger charge is -2.16. The van der Waals surface area contributed by atoms with Crippen molar-refractivity contribution >= 4 is 17.7 Å². The number of H-pyrrole nitrogens is 1. The highest BCUT2D eigenvalue weighted by Gasteiger charge is 2.33. The van der Waals surface area contributed by atoms with E-state index in [2.05, 4.69) is 21.6 Å². The van der Waals surface area contributed by atoms with Crippen LogP contribution in [0, 0.1) is 0 Å². The number of nitrogens with one attached hydrogen (secondary N) is 2. The first-order valence-corrected chi connectivity index (χ1v) is 11.1. The van der Waals surface area contributed by atoms with Gasteiger partial charge in [0.05, 0.1) is 31.6 Å². The number of ether oxygens (including phenoxy) is 2. The summed E-state index contributed by atoms with van der Waals surface area (Å²) >= 11 is 0. The Hall–Kier alpha value is -3.81. The molecule has 33 heavy (non-hydrogen) atoms. The molecule has 1 saturated heterocycles. The molecule has 3 aromatic rings. The zero-order chi connectivity index (χ0) is 22.9. The van der Waals surface area contributed by atoms with Crippen LogP contribution in [0.3, 0.4) is 0 Å². The van der Waals surface area contributed by atoms with Gasteiger partial charge in [0.2, 0.25) is 5.91 Å². The predicted molar refractivity (Wildman–Crippen MR) is 124 cm³/mol. The van der Waals surface area contributed by atoms with Crippen LogP contribution in [0.2, 0.25) is 0 Å². The molecule has 2 aromatic carbocycles. The third-order valence-electron chi connectivity index (χ3n) is 6.21. The number of aryl methyl sites for hydroxylation is 1. The van der Waals surface area contributed by atoms with Gasteiger partial charge in [-0.2, -0.15) is 5.10 Å². The normalized spacial score (nSPS) is 17.1. The van der Waals surface area contributed by atoms with Crippen molar-refractivity contribution in [1.82, 2.24) is 15.5 Å². The van der Waals surface area contributed by atoms with E-state index in [9.17, 15) is 9.59 Å². The van der Waals surface area contributed by atoms with Gasteiger partial charge >= 0.3 is 6.09 Å². The molecular formula is C25H26N4O4. The first-order chi connectivity index (χ1) is 16.0. The lowest BCUT2D eigenvalue weighted by atomic mass is 9.99. The minimum absolute atomic E-state index is 0.145. The Kier molecular flexibility index (Phi) is 5.50. The highest BCUT2D eigenvalue weighted by Crippen LogP contribution is 2.39. The maximum Gasteiger partial charge on any atom is 0.414 e. The molecular weight excluding hydrogens is 420 g/mol. The number of carbonyl (C=O) groups is 2. The average molecular weight is 447 g/mol. The van der Waals surface area contributed by atoms with Gasteiger partial charge in [-0.1, -0.05) is 18.2 Å². The highest BCUT2D eigenvalue weighted by molar-refractivity contribution is 5.91. The number of amides is 2. The van der Waals surface area contributed by atoms with E-state index in [-0.39, 0.29) is 12.0 Å². The lowest BCUT2D eigenvalue weighted by Crippen LogP contribution is -2.33. The Morgan fingerprint density at radius 3 is 2.97 bits per heavy atom. The fourth-order valence-corrected chi connectivity index (χ4v) is 4.58. The van der Waals surface area contributed by atoms with Crippen molar-refractivity contribution in [2.75, 3.05) is 25.1 Å². The maximum atomic E-state index is 12.5. The fraction of sp³-hybridized carbons (Fsp3) is 0.320. The molecule has 2 amide bonds. The van der Waals surface area contributed by atoms with Gasteiger partial charge in [-0.3, -0.25) is 14.8 Å². The Bertz CT molecular complexity index is 1220. The number of nitrogens with zero attached hydrogens (tertiary/aromatic N) is 2. The molecule has 8 heteroatoms. The van der Waals surface area contributed by atoms with Crippen LogP contribution in [0.4, 0.5) is 10.5 Å². The molecule has 1 aromatic heterocycles. The summed E-state index contributed by atoms with van der Waals surface area (Å²) in [6.45, 7) is 2.14. The quantitative estimate of drug-likeness (QED) is 0.623. The zero-order valence-electron chi connectivity index (χ0n) is 18.7. The van der Waals surface area contributed by atoms with Crippen molar-refractivity contribution in [3.8, 4) is 28.3 Å². The number of anilines is 1.